The van der Waals surface area contributed by atoms with Crippen molar-refractivity contribution >= 4 is 23.4 Å². The van der Waals surface area contributed by atoms with Crippen molar-refractivity contribution in [3.63, 3.8) is 0 Å². The van der Waals surface area contributed by atoms with Gasteiger partial charge in [0, 0.05) is 23.2 Å². The van der Waals surface area contributed by atoms with E-state index in [9.17, 15) is 4.79 Å². The maximum atomic E-state index is 11.4. The molecule has 1 amide bonds. The summed E-state index contributed by atoms with van der Waals surface area (Å²) in [5.74, 6) is 1.70. The highest BCUT2D eigenvalue weighted by Gasteiger charge is 2.15. The molecule has 1 aromatic carbocycles. The third-order valence-corrected chi connectivity index (χ3v) is 3.48. The highest BCUT2D eigenvalue weighted by Crippen LogP contribution is 2.38. The van der Waals surface area contributed by atoms with Crippen LogP contribution in [0.15, 0.2) is 17.0 Å². The molecule has 0 unspecified atom stereocenters. The second-order valence-corrected chi connectivity index (χ2v) is 4.79. The quantitative estimate of drug-likeness (QED) is 0.635. The molecule has 1 aliphatic rings. The van der Waals surface area contributed by atoms with Crippen molar-refractivity contribution in [2.24, 2.45) is 0 Å². The number of thioether (sulfide) groups is 1. The van der Waals surface area contributed by atoms with Gasteiger partial charge < -0.3 is 20.5 Å². The first-order chi connectivity index (χ1) is 8.70. The summed E-state index contributed by atoms with van der Waals surface area (Å²) in [6.45, 7) is 3.60. The van der Waals surface area contributed by atoms with Gasteiger partial charge in [-0.1, -0.05) is 0 Å². The lowest BCUT2D eigenvalue weighted by Gasteiger charge is -2.19. The zero-order valence-electron chi connectivity index (χ0n) is 10.2. The number of amides is 1. The molecule has 0 bridgehead atoms. The summed E-state index contributed by atoms with van der Waals surface area (Å²) in [4.78, 5) is 12.2. The fraction of sp³-hybridized carbons (Fsp3) is 0.417. The molecule has 3 N–H and O–H groups in total. The lowest BCUT2D eigenvalue weighted by Crippen LogP contribution is -2.24. The van der Waals surface area contributed by atoms with Crippen LogP contribution in [0.3, 0.4) is 0 Å². The molecule has 0 fully saturated rings. The average molecular weight is 268 g/mol. The lowest BCUT2D eigenvalue weighted by atomic mass is 10.2. The van der Waals surface area contributed by atoms with Crippen LogP contribution in [0.25, 0.3) is 0 Å². The fourth-order valence-corrected chi connectivity index (χ4v) is 2.41. The molecule has 5 nitrogen and oxygen atoms in total. The maximum absolute atomic E-state index is 11.4. The Labute approximate surface area is 110 Å². The van der Waals surface area contributed by atoms with Crippen molar-refractivity contribution in [3.05, 3.63) is 12.1 Å². The SMILES string of the molecule is CCNC(=O)CSc1cc2c(cc1N)OCCO2. The Bertz CT molecular complexity index is 451. The van der Waals surface area contributed by atoms with Crippen molar-refractivity contribution in [2.75, 3.05) is 31.2 Å². The number of carbonyl (C=O) groups excluding carboxylic acids is 1. The van der Waals surface area contributed by atoms with Gasteiger partial charge in [0.1, 0.15) is 13.2 Å². The van der Waals surface area contributed by atoms with E-state index in [4.69, 9.17) is 15.2 Å². The van der Waals surface area contributed by atoms with Crippen LogP contribution in [-0.2, 0) is 4.79 Å². The van der Waals surface area contributed by atoms with Gasteiger partial charge >= 0.3 is 0 Å². The van der Waals surface area contributed by atoms with Crippen LogP contribution in [0.5, 0.6) is 11.5 Å². The third-order valence-electron chi connectivity index (χ3n) is 2.41. The Morgan fingerprint density at radius 1 is 1.39 bits per heavy atom. The Morgan fingerprint density at radius 3 is 2.72 bits per heavy atom. The second-order valence-electron chi connectivity index (χ2n) is 3.78. The predicted octanol–water partition coefficient (Wildman–Crippen LogP) is 1.27. The first-order valence-corrected chi connectivity index (χ1v) is 6.78. The molecule has 1 aromatic rings. The van der Waals surface area contributed by atoms with Gasteiger partial charge in [0.05, 0.1) is 5.75 Å². The third kappa shape index (κ3) is 3.01. The minimum atomic E-state index is -0.00297. The number of nitrogen functional groups attached to an aromatic ring is 1. The van der Waals surface area contributed by atoms with E-state index in [-0.39, 0.29) is 5.91 Å². The van der Waals surface area contributed by atoms with E-state index in [0.29, 0.717) is 42.7 Å². The Hall–Kier alpha value is -1.56. The van der Waals surface area contributed by atoms with Crippen LogP contribution < -0.4 is 20.5 Å². The van der Waals surface area contributed by atoms with Crippen LogP contribution in [-0.4, -0.2) is 31.4 Å². The molecular weight excluding hydrogens is 252 g/mol. The minimum absolute atomic E-state index is 0.00297. The van der Waals surface area contributed by atoms with Gasteiger partial charge in [-0.25, -0.2) is 0 Å². The van der Waals surface area contributed by atoms with E-state index in [1.54, 1.807) is 6.07 Å². The molecular formula is C12H16N2O3S. The molecule has 6 heteroatoms. The molecule has 0 atom stereocenters. The molecule has 0 saturated heterocycles. The topological polar surface area (TPSA) is 73.6 Å². The fourth-order valence-electron chi connectivity index (χ4n) is 1.60. The number of hydrogen-bond acceptors (Lipinski definition) is 5. The number of ether oxygens (including phenoxy) is 2. The van der Waals surface area contributed by atoms with Crippen molar-refractivity contribution in [3.8, 4) is 11.5 Å². The largest absolute Gasteiger partial charge is 0.486 e. The van der Waals surface area contributed by atoms with Gasteiger partial charge in [0.15, 0.2) is 11.5 Å². The molecule has 0 aromatic heterocycles. The molecule has 1 heterocycles. The number of fused-ring (bicyclic) bond motifs is 1. The van der Waals surface area contributed by atoms with E-state index in [2.05, 4.69) is 5.32 Å². The van der Waals surface area contributed by atoms with Gasteiger partial charge in [-0.15, -0.1) is 11.8 Å². The number of hydrogen-bond donors (Lipinski definition) is 2. The average Bonchev–Trinajstić information content (AvgIpc) is 2.36. The summed E-state index contributed by atoms with van der Waals surface area (Å²) in [5.41, 5.74) is 6.52. The van der Waals surface area contributed by atoms with E-state index in [1.807, 2.05) is 13.0 Å². The molecule has 18 heavy (non-hydrogen) atoms. The summed E-state index contributed by atoms with van der Waals surface area (Å²) < 4.78 is 10.9. The Kier molecular flexibility index (Phi) is 4.19. The van der Waals surface area contributed by atoms with Gasteiger partial charge in [-0.05, 0) is 13.0 Å². The number of nitrogens with one attached hydrogen (secondary N) is 1. The van der Waals surface area contributed by atoms with Crippen molar-refractivity contribution in [1.29, 1.82) is 0 Å². The van der Waals surface area contributed by atoms with Crippen molar-refractivity contribution in [1.82, 2.24) is 5.32 Å². The molecule has 0 aliphatic carbocycles. The van der Waals surface area contributed by atoms with Crippen LogP contribution in [0, 0.1) is 0 Å². The first kappa shape index (κ1) is 12.9. The van der Waals surface area contributed by atoms with Gasteiger partial charge in [-0.3, -0.25) is 4.79 Å². The molecule has 0 spiro atoms. The van der Waals surface area contributed by atoms with E-state index < -0.39 is 0 Å². The van der Waals surface area contributed by atoms with Crippen molar-refractivity contribution in [2.45, 2.75) is 11.8 Å². The highest BCUT2D eigenvalue weighted by atomic mass is 32.2. The van der Waals surface area contributed by atoms with E-state index >= 15 is 0 Å². The number of benzene rings is 1. The van der Waals surface area contributed by atoms with E-state index in [0.717, 1.165) is 4.90 Å². The molecule has 98 valence electrons. The molecule has 1 aliphatic heterocycles. The second kappa shape index (κ2) is 5.86. The number of rotatable bonds is 4. The van der Waals surface area contributed by atoms with Gasteiger partial charge in [0.25, 0.3) is 0 Å². The van der Waals surface area contributed by atoms with Crippen LogP contribution in [0.2, 0.25) is 0 Å². The molecule has 0 radical (unpaired) electrons. The van der Waals surface area contributed by atoms with Crippen LogP contribution >= 0.6 is 11.8 Å². The normalized spacial score (nSPS) is 13.2. The number of carbonyl (C=O) groups is 1. The number of anilines is 1. The van der Waals surface area contributed by atoms with Crippen LogP contribution in [0.1, 0.15) is 6.92 Å². The first-order valence-electron chi connectivity index (χ1n) is 5.79. The smallest absolute Gasteiger partial charge is 0.230 e. The highest BCUT2D eigenvalue weighted by molar-refractivity contribution is 8.00. The van der Waals surface area contributed by atoms with E-state index in [1.165, 1.54) is 11.8 Å². The van der Waals surface area contributed by atoms with Crippen LogP contribution in [0.4, 0.5) is 5.69 Å². The summed E-state index contributed by atoms with van der Waals surface area (Å²) in [6.07, 6.45) is 0. The number of nitrogens with two attached hydrogens (primary N) is 1. The minimum Gasteiger partial charge on any atom is -0.486 e. The molecule has 2 rings (SSSR count). The zero-order chi connectivity index (χ0) is 13.0. The van der Waals surface area contributed by atoms with Crippen molar-refractivity contribution < 1.29 is 14.3 Å². The Balaban J connectivity index is 2.06. The maximum Gasteiger partial charge on any atom is 0.230 e. The standard InChI is InChI=1S/C12H16N2O3S/c1-2-14-12(15)7-18-11-6-10-9(5-8(11)13)16-3-4-17-10/h5-6H,2-4,7,13H2,1H3,(H,14,15). The zero-order valence-corrected chi connectivity index (χ0v) is 11.0. The lowest BCUT2D eigenvalue weighted by molar-refractivity contribution is -0.118. The summed E-state index contributed by atoms with van der Waals surface area (Å²) in [6, 6.07) is 3.57. The van der Waals surface area contributed by atoms with Gasteiger partial charge in [-0.2, -0.15) is 0 Å². The summed E-state index contributed by atoms with van der Waals surface area (Å²) in [7, 11) is 0. The molecule has 0 saturated carbocycles. The van der Waals surface area contributed by atoms with Gasteiger partial charge in [0.2, 0.25) is 5.91 Å². The predicted molar refractivity (Wildman–Crippen MR) is 71.3 cm³/mol. The monoisotopic (exact) mass is 268 g/mol. The summed E-state index contributed by atoms with van der Waals surface area (Å²) >= 11 is 1.40. The Morgan fingerprint density at radius 2 is 2.06 bits per heavy atom. The summed E-state index contributed by atoms with van der Waals surface area (Å²) in [5, 5.41) is 2.74.